The molecule has 0 aliphatic heterocycles. The normalized spacial score (nSPS) is 13.6. The molecule has 1 N–H and O–H groups in total. The molecule has 3 aromatic rings. The second kappa shape index (κ2) is 16.5. The number of allylic oxidation sites excluding steroid dienone is 4. The first-order chi connectivity index (χ1) is 20.6. The van der Waals surface area contributed by atoms with Crippen molar-refractivity contribution >= 4 is 30.2 Å². The molecule has 0 atom stereocenters. The van der Waals surface area contributed by atoms with Crippen molar-refractivity contribution in [2.45, 2.75) is 119 Å². The average molecular weight is 803 g/mol. The maximum atomic E-state index is 11.7. The first kappa shape index (κ1) is 38.8. The fourth-order valence-electron chi connectivity index (χ4n) is 6.38. The van der Waals surface area contributed by atoms with Crippen molar-refractivity contribution in [3.05, 3.63) is 82.8 Å². The number of carbonyl (C=O) groups is 1. The SMILES string of the molecule is CC1=C(C[Si](C)(C)C)Cc2c1ccnc2-c1[c-]c2ccccc2c(C(C)(C)C)c1.CCC(CC)C(=O)/C=C(\O)C(CC)CC.[Ir]. The number of benzene rings is 2. The Morgan fingerprint density at radius 2 is 1.60 bits per heavy atom. The van der Waals surface area contributed by atoms with Gasteiger partial charge in [0.05, 0.1) is 5.76 Å². The molecule has 247 valence electrons. The van der Waals surface area contributed by atoms with Crippen LogP contribution in [0.2, 0.25) is 25.7 Å². The van der Waals surface area contributed by atoms with Crippen molar-refractivity contribution in [2.75, 3.05) is 0 Å². The Labute approximate surface area is 288 Å². The molecule has 0 unspecified atom stereocenters. The van der Waals surface area contributed by atoms with Gasteiger partial charge in [0.15, 0.2) is 5.78 Å². The third-order valence-electron chi connectivity index (χ3n) is 9.04. The molecule has 0 saturated carbocycles. The Bertz CT molecular complexity index is 1520. The van der Waals surface area contributed by atoms with Crippen molar-refractivity contribution in [1.82, 2.24) is 4.98 Å². The van der Waals surface area contributed by atoms with Crippen LogP contribution < -0.4 is 0 Å². The van der Waals surface area contributed by atoms with E-state index in [1.54, 1.807) is 5.57 Å². The van der Waals surface area contributed by atoms with Crippen LogP contribution >= 0.6 is 0 Å². The van der Waals surface area contributed by atoms with E-state index in [1.165, 1.54) is 45.2 Å². The minimum atomic E-state index is -1.16. The summed E-state index contributed by atoms with van der Waals surface area (Å²) in [5, 5.41) is 12.2. The van der Waals surface area contributed by atoms with Gasteiger partial charge in [-0.2, -0.15) is 0 Å². The van der Waals surface area contributed by atoms with E-state index < -0.39 is 8.07 Å². The number of nitrogens with zero attached hydrogens (tertiary/aromatic N) is 1. The second-order valence-electron chi connectivity index (χ2n) is 14.7. The van der Waals surface area contributed by atoms with Gasteiger partial charge in [0.1, 0.15) is 0 Å². The maximum absolute atomic E-state index is 11.7. The van der Waals surface area contributed by atoms with Crippen molar-refractivity contribution in [3.63, 3.8) is 0 Å². The number of fused-ring (bicyclic) bond motifs is 2. The second-order valence-corrected chi connectivity index (χ2v) is 20.2. The van der Waals surface area contributed by atoms with Gasteiger partial charge in [0.25, 0.3) is 0 Å². The van der Waals surface area contributed by atoms with Crippen LogP contribution in [-0.4, -0.2) is 23.9 Å². The summed E-state index contributed by atoms with van der Waals surface area (Å²) in [5.41, 5.74) is 9.56. The van der Waals surface area contributed by atoms with Gasteiger partial charge in [-0.25, -0.2) is 0 Å². The molecule has 2 aromatic carbocycles. The van der Waals surface area contributed by atoms with Gasteiger partial charge < -0.3 is 5.11 Å². The zero-order valence-electron chi connectivity index (χ0n) is 29.7. The van der Waals surface area contributed by atoms with E-state index in [9.17, 15) is 9.90 Å². The summed E-state index contributed by atoms with van der Waals surface area (Å²) in [6.45, 7) is 24.6. The molecular weight excluding hydrogens is 747 g/mol. The summed E-state index contributed by atoms with van der Waals surface area (Å²) in [5.74, 6) is 0.547. The van der Waals surface area contributed by atoms with Gasteiger partial charge in [-0.05, 0) is 73.3 Å². The molecule has 45 heavy (non-hydrogen) atoms. The Morgan fingerprint density at radius 3 is 2.16 bits per heavy atom. The van der Waals surface area contributed by atoms with Crippen LogP contribution in [0, 0.1) is 17.9 Å². The molecular formula is C40H56IrNO2Si-. The molecule has 0 fully saturated rings. The number of carbonyl (C=O) groups excluding carboxylic acids is 1. The average Bonchev–Trinajstić information content (AvgIpc) is 3.27. The van der Waals surface area contributed by atoms with Crippen LogP contribution in [0.5, 0.6) is 0 Å². The summed E-state index contributed by atoms with van der Waals surface area (Å²) in [7, 11) is -1.16. The molecule has 0 bridgehead atoms. The molecule has 0 saturated heterocycles. The molecule has 1 aliphatic rings. The van der Waals surface area contributed by atoms with Crippen LogP contribution in [0.4, 0.5) is 0 Å². The van der Waals surface area contributed by atoms with Crippen LogP contribution in [0.3, 0.4) is 0 Å². The smallest absolute Gasteiger partial charge is 0.162 e. The monoisotopic (exact) mass is 803 g/mol. The van der Waals surface area contributed by atoms with Gasteiger partial charge in [-0.3, -0.25) is 9.78 Å². The Morgan fingerprint density at radius 1 is 1.00 bits per heavy atom. The number of rotatable bonds is 10. The van der Waals surface area contributed by atoms with Gasteiger partial charge in [-0.1, -0.05) is 103 Å². The first-order valence-corrected chi connectivity index (χ1v) is 20.4. The number of aromatic nitrogens is 1. The number of hydrogen-bond donors (Lipinski definition) is 1. The summed E-state index contributed by atoms with van der Waals surface area (Å²) in [6, 6.07) is 18.1. The van der Waals surface area contributed by atoms with E-state index in [1.807, 2.05) is 33.9 Å². The summed E-state index contributed by atoms with van der Waals surface area (Å²) in [4.78, 5) is 16.6. The summed E-state index contributed by atoms with van der Waals surface area (Å²) in [6.07, 6.45) is 7.93. The number of hydrogen-bond acceptors (Lipinski definition) is 3. The standard InChI is InChI=1S/C27H32NSi.C13H24O2.Ir/c1-18-21(17-29(5,6)7)15-24-22(18)12-13-28-26(24)20-14-19-10-8-9-11-23(19)25(16-20)27(2,3)4;1-5-10(6-2)12(14)9-13(15)11(7-3)8-4;/h8-13,16H,15,17H2,1-7H3;9-11,14H,5-8H2,1-4H3;/q-1;;/b;12-9-;. The Kier molecular flexibility index (Phi) is 14.2. The van der Waals surface area contributed by atoms with E-state index in [-0.39, 0.29) is 48.9 Å². The molecule has 1 aliphatic carbocycles. The minimum Gasteiger partial charge on any atom is -0.512 e. The van der Waals surface area contributed by atoms with Crippen LogP contribution in [0.15, 0.2) is 60.0 Å². The minimum absolute atomic E-state index is 0. The van der Waals surface area contributed by atoms with Crippen LogP contribution in [-0.2, 0) is 36.7 Å². The predicted octanol–water partition coefficient (Wildman–Crippen LogP) is 11.5. The molecule has 4 rings (SSSR count). The largest absolute Gasteiger partial charge is 0.512 e. The van der Waals surface area contributed by atoms with E-state index in [2.05, 4.69) is 89.8 Å². The number of aliphatic hydroxyl groups excluding tert-OH is 1. The number of pyridine rings is 1. The molecule has 1 aromatic heterocycles. The maximum Gasteiger partial charge on any atom is 0.162 e. The quantitative estimate of drug-likeness (QED) is 0.0961. The fourth-order valence-corrected chi connectivity index (χ4v) is 8.05. The van der Waals surface area contributed by atoms with Crippen molar-refractivity contribution in [1.29, 1.82) is 0 Å². The third-order valence-corrected chi connectivity index (χ3v) is 10.5. The summed E-state index contributed by atoms with van der Waals surface area (Å²) >= 11 is 0. The fraction of sp³-hybridized carbons (Fsp3) is 0.500. The van der Waals surface area contributed by atoms with E-state index in [0.717, 1.165) is 43.4 Å². The molecule has 0 spiro atoms. The van der Waals surface area contributed by atoms with Gasteiger partial charge >= 0.3 is 0 Å². The molecule has 5 heteroatoms. The van der Waals surface area contributed by atoms with E-state index >= 15 is 0 Å². The van der Waals surface area contributed by atoms with Crippen LogP contribution in [0.25, 0.3) is 27.6 Å². The number of ketones is 1. The Balaban J connectivity index is 0.000000378. The third kappa shape index (κ3) is 9.83. The molecule has 1 radical (unpaired) electrons. The van der Waals surface area contributed by atoms with Gasteiger partial charge in [0, 0.05) is 58.0 Å². The first-order valence-electron chi connectivity index (χ1n) is 16.7. The molecule has 1 heterocycles. The Hall–Kier alpha value is -2.33. The van der Waals surface area contributed by atoms with E-state index in [4.69, 9.17) is 4.98 Å². The zero-order valence-corrected chi connectivity index (χ0v) is 33.0. The molecule has 3 nitrogen and oxygen atoms in total. The van der Waals surface area contributed by atoms with Crippen molar-refractivity contribution < 1.29 is 30.0 Å². The molecule has 0 amide bonds. The zero-order chi connectivity index (χ0) is 32.8. The predicted molar refractivity (Wildman–Crippen MR) is 193 cm³/mol. The topological polar surface area (TPSA) is 50.2 Å². The van der Waals surface area contributed by atoms with Crippen LogP contribution in [0.1, 0.15) is 97.8 Å². The summed E-state index contributed by atoms with van der Waals surface area (Å²) < 4.78 is 0. The van der Waals surface area contributed by atoms with Gasteiger partial charge in [-0.15, -0.1) is 29.1 Å². The van der Waals surface area contributed by atoms with E-state index in [0.29, 0.717) is 0 Å². The van der Waals surface area contributed by atoms with Crippen molar-refractivity contribution in [2.24, 2.45) is 11.8 Å². The van der Waals surface area contributed by atoms with Gasteiger partial charge in [0.2, 0.25) is 0 Å². The number of aliphatic hydroxyl groups is 1. The van der Waals surface area contributed by atoms with Crippen molar-refractivity contribution in [3.8, 4) is 11.3 Å².